The van der Waals surface area contributed by atoms with Gasteiger partial charge in [0.25, 0.3) is 11.6 Å². The number of nitro benzene ring substituents is 1. The molecule has 1 aliphatic heterocycles. The van der Waals surface area contributed by atoms with Gasteiger partial charge in [0.15, 0.2) is 0 Å². The van der Waals surface area contributed by atoms with E-state index in [1.54, 1.807) is 11.8 Å². The first-order valence-corrected chi connectivity index (χ1v) is 6.36. The highest BCUT2D eigenvalue weighted by molar-refractivity contribution is 6.00. The van der Waals surface area contributed by atoms with Gasteiger partial charge in [0.1, 0.15) is 5.54 Å². The second-order valence-corrected chi connectivity index (χ2v) is 5.16. The highest BCUT2D eigenvalue weighted by Gasteiger charge is 2.44. The van der Waals surface area contributed by atoms with Gasteiger partial charge < -0.3 is 15.7 Å². The number of anilines is 1. The third kappa shape index (κ3) is 2.39. The van der Waals surface area contributed by atoms with Crippen molar-refractivity contribution in [1.29, 1.82) is 0 Å². The fraction of sp³-hybridized carbons (Fsp3) is 0.385. The smallest absolute Gasteiger partial charge is 0.329 e. The summed E-state index contributed by atoms with van der Waals surface area (Å²) < 4.78 is 0. The summed E-state index contributed by atoms with van der Waals surface area (Å²) in [5, 5.41) is 20.2. The number of benzene rings is 1. The molecule has 0 spiro atoms. The van der Waals surface area contributed by atoms with Crippen molar-refractivity contribution in [2.24, 2.45) is 5.73 Å². The number of nitrogens with two attached hydrogens (primary N) is 1. The van der Waals surface area contributed by atoms with Gasteiger partial charge in [-0.15, -0.1) is 0 Å². The molecule has 0 aromatic heterocycles. The minimum atomic E-state index is -1.15. The first-order valence-electron chi connectivity index (χ1n) is 6.36. The molecule has 112 valence electrons. The number of hydrogen-bond donors (Lipinski definition) is 2. The molecule has 1 fully saturated rings. The first-order chi connectivity index (χ1) is 9.77. The van der Waals surface area contributed by atoms with E-state index in [-0.39, 0.29) is 11.3 Å². The molecule has 0 bridgehead atoms. The molecule has 2 rings (SSSR count). The summed E-state index contributed by atoms with van der Waals surface area (Å²) in [6.45, 7) is 2.01. The normalized spacial score (nSPS) is 21.3. The van der Waals surface area contributed by atoms with Crippen LogP contribution in [0.3, 0.4) is 0 Å². The molecule has 3 N–H and O–H groups in total. The second-order valence-electron chi connectivity index (χ2n) is 5.16. The van der Waals surface area contributed by atoms with Gasteiger partial charge in [-0.25, -0.2) is 4.79 Å². The highest BCUT2D eigenvalue weighted by atomic mass is 16.6. The number of primary amides is 1. The van der Waals surface area contributed by atoms with E-state index in [0.717, 1.165) is 6.07 Å². The number of rotatable bonds is 4. The molecule has 8 heteroatoms. The summed E-state index contributed by atoms with van der Waals surface area (Å²) in [7, 11) is 0. The van der Waals surface area contributed by atoms with Crippen molar-refractivity contribution >= 4 is 23.3 Å². The number of hydrogen-bond acceptors (Lipinski definition) is 5. The monoisotopic (exact) mass is 293 g/mol. The fourth-order valence-electron chi connectivity index (χ4n) is 2.64. The number of non-ortho nitro benzene ring substituents is 1. The lowest BCUT2D eigenvalue weighted by molar-refractivity contribution is -0.384. The minimum Gasteiger partial charge on any atom is -0.480 e. The zero-order valence-electron chi connectivity index (χ0n) is 11.4. The van der Waals surface area contributed by atoms with E-state index in [9.17, 15) is 24.8 Å². The van der Waals surface area contributed by atoms with Crippen LogP contribution in [0.25, 0.3) is 0 Å². The number of aliphatic carboxylic acids is 1. The van der Waals surface area contributed by atoms with Crippen LogP contribution in [0, 0.1) is 10.1 Å². The zero-order valence-corrected chi connectivity index (χ0v) is 11.4. The molecule has 1 unspecified atom stereocenters. The maximum Gasteiger partial charge on any atom is 0.329 e. The van der Waals surface area contributed by atoms with Gasteiger partial charge in [0.2, 0.25) is 0 Å². The Labute approximate surface area is 120 Å². The third-order valence-corrected chi connectivity index (χ3v) is 3.85. The van der Waals surface area contributed by atoms with Crippen LogP contribution in [-0.2, 0) is 4.79 Å². The number of carboxylic acids is 1. The van der Waals surface area contributed by atoms with Gasteiger partial charge in [-0.2, -0.15) is 0 Å². The molecular weight excluding hydrogens is 278 g/mol. The van der Waals surface area contributed by atoms with Crippen LogP contribution in [0.1, 0.15) is 30.1 Å². The van der Waals surface area contributed by atoms with Gasteiger partial charge in [0.05, 0.1) is 16.2 Å². The van der Waals surface area contributed by atoms with Crippen LogP contribution >= 0.6 is 0 Å². The summed E-state index contributed by atoms with van der Waals surface area (Å²) in [4.78, 5) is 34.8. The quantitative estimate of drug-likeness (QED) is 0.633. The van der Waals surface area contributed by atoms with Crippen LogP contribution in [0.15, 0.2) is 18.2 Å². The standard InChI is InChI=1S/C13H15N3O5/c1-13(12(18)19)5-2-6-15(13)10-4-3-8(16(20)21)7-9(10)11(14)17/h3-4,7H,2,5-6H2,1H3,(H2,14,17)(H,18,19). The molecule has 1 aromatic carbocycles. The van der Waals surface area contributed by atoms with Crippen molar-refractivity contribution in [2.75, 3.05) is 11.4 Å². The average Bonchev–Trinajstić information content (AvgIpc) is 2.81. The van der Waals surface area contributed by atoms with Crippen molar-refractivity contribution < 1.29 is 19.6 Å². The summed E-state index contributed by atoms with van der Waals surface area (Å²) >= 11 is 0. The van der Waals surface area contributed by atoms with Crippen molar-refractivity contribution in [3.63, 3.8) is 0 Å². The Hall–Kier alpha value is -2.64. The van der Waals surface area contributed by atoms with Gasteiger partial charge in [0, 0.05) is 18.7 Å². The van der Waals surface area contributed by atoms with E-state index in [2.05, 4.69) is 0 Å². The van der Waals surface area contributed by atoms with Gasteiger partial charge in [-0.05, 0) is 25.8 Å². The van der Waals surface area contributed by atoms with Crippen LogP contribution in [-0.4, -0.2) is 34.0 Å². The lowest BCUT2D eigenvalue weighted by Crippen LogP contribution is -2.48. The Morgan fingerprint density at radius 1 is 1.48 bits per heavy atom. The second kappa shape index (κ2) is 5.04. The lowest BCUT2D eigenvalue weighted by atomic mass is 9.97. The van der Waals surface area contributed by atoms with Crippen LogP contribution < -0.4 is 10.6 Å². The van der Waals surface area contributed by atoms with E-state index in [1.807, 2.05) is 0 Å². The first kappa shape index (κ1) is 14.8. The van der Waals surface area contributed by atoms with E-state index in [1.165, 1.54) is 12.1 Å². The van der Waals surface area contributed by atoms with Crippen LogP contribution in [0.2, 0.25) is 0 Å². The van der Waals surface area contributed by atoms with E-state index < -0.39 is 22.3 Å². The highest BCUT2D eigenvalue weighted by Crippen LogP contribution is 2.37. The molecule has 1 heterocycles. The largest absolute Gasteiger partial charge is 0.480 e. The summed E-state index contributed by atoms with van der Waals surface area (Å²) in [5.74, 6) is -1.83. The zero-order chi connectivity index (χ0) is 15.8. The number of carbonyl (C=O) groups is 2. The molecular formula is C13H15N3O5. The molecule has 1 atom stereocenters. The Morgan fingerprint density at radius 2 is 2.14 bits per heavy atom. The fourth-order valence-corrected chi connectivity index (χ4v) is 2.64. The Morgan fingerprint density at radius 3 is 2.67 bits per heavy atom. The van der Waals surface area contributed by atoms with E-state index >= 15 is 0 Å². The Bertz CT molecular complexity index is 630. The topological polar surface area (TPSA) is 127 Å². The predicted octanol–water partition coefficient (Wildman–Crippen LogP) is 1.14. The summed E-state index contributed by atoms with van der Waals surface area (Å²) in [6, 6.07) is 3.70. The third-order valence-electron chi connectivity index (χ3n) is 3.85. The minimum absolute atomic E-state index is 0.0430. The van der Waals surface area contributed by atoms with Crippen molar-refractivity contribution in [1.82, 2.24) is 0 Å². The van der Waals surface area contributed by atoms with E-state index in [0.29, 0.717) is 25.1 Å². The lowest BCUT2D eigenvalue weighted by Gasteiger charge is -2.34. The van der Waals surface area contributed by atoms with Gasteiger partial charge in [-0.3, -0.25) is 14.9 Å². The number of carboxylic acid groups (broad SMARTS) is 1. The molecule has 8 nitrogen and oxygen atoms in total. The Balaban J connectivity index is 2.56. The Kier molecular flexibility index (Phi) is 3.54. The number of nitrogens with zero attached hydrogens (tertiary/aromatic N) is 2. The van der Waals surface area contributed by atoms with E-state index in [4.69, 9.17) is 5.73 Å². The van der Waals surface area contributed by atoms with Gasteiger partial charge in [-0.1, -0.05) is 0 Å². The maximum atomic E-state index is 11.6. The van der Waals surface area contributed by atoms with Crippen molar-refractivity contribution in [2.45, 2.75) is 25.3 Å². The summed E-state index contributed by atoms with van der Waals surface area (Å²) in [6.07, 6.45) is 1.08. The number of nitro groups is 1. The molecule has 21 heavy (non-hydrogen) atoms. The summed E-state index contributed by atoms with van der Waals surface area (Å²) in [5.41, 5.74) is 4.14. The number of carbonyl (C=O) groups excluding carboxylic acids is 1. The average molecular weight is 293 g/mol. The predicted molar refractivity (Wildman–Crippen MR) is 74.2 cm³/mol. The molecule has 0 saturated carbocycles. The van der Waals surface area contributed by atoms with Crippen molar-refractivity contribution in [3.8, 4) is 0 Å². The maximum absolute atomic E-state index is 11.6. The van der Waals surface area contributed by atoms with Crippen LogP contribution in [0.4, 0.5) is 11.4 Å². The van der Waals surface area contributed by atoms with Crippen molar-refractivity contribution in [3.05, 3.63) is 33.9 Å². The van der Waals surface area contributed by atoms with Crippen LogP contribution in [0.5, 0.6) is 0 Å². The molecule has 1 aliphatic rings. The molecule has 0 radical (unpaired) electrons. The van der Waals surface area contributed by atoms with Gasteiger partial charge >= 0.3 is 5.97 Å². The molecule has 1 saturated heterocycles. The molecule has 1 amide bonds. The molecule has 1 aromatic rings. The SMILES string of the molecule is CC1(C(=O)O)CCCN1c1ccc([N+](=O)[O-])cc1C(N)=O. The number of amides is 1. The molecule has 0 aliphatic carbocycles.